The molecule has 0 unspecified atom stereocenters. The third-order valence-corrected chi connectivity index (χ3v) is 5.44. The Kier molecular flexibility index (Phi) is 8.99. The zero-order valence-corrected chi connectivity index (χ0v) is 19.0. The normalized spacial score (nSPS) is 10.4. The lowest BCUT2D eigenvalue weighted by molar-refractivity contribution is 0.0499. The van der Waals surface area contributed by atoms with Crippen LogP contribution in [0.15, 0.2) is 30.3 Å². The molecule has 2 N–H and O–H groups in total. The van der Waals surface area contributed by atoms with Crippen LogP contribution in [0.5, 0.6) is 0 Å². The van der Waals surface area contributed by atoms with Crippen LogP contribution in [0.1, 0.15) is 40.5 Å². The molecular formula is C19H16Cl4N2O3S. The van der Waals surface area contributed by atoms with Crippen molar-refractivity contribution in [2.45, 2.75) is 19.8 Å². The largest absolute Gasteiger partial charge is 0.462 e. The average molecular weight is 494 g/mol. The summed E-state index contributed by atoms with van der Waals surface area (Å²) in [6, 6.07) is 7.77. The fourth-order valence-corrected chi connectivity index (χ4v) is 3.48. The number of halogens is 4. The molecular weight excluding hydrogens is 478 g/mol. The van der Waals surface area contributed by atoms with Gasteiger partial charge in [-0.15, -0.1) is 0 Å². The van der Waals surface area contributed by atoms with Crippen molar-refractivity contribution < 1.29 is 14.3 Å². The lowest BCUT2D eigenvalue weighted by Gasteiger charge is -2.13. The van der Waals surface area contributed by atoms with Gasteiger partial charge in [-0.05, 0) is 49.0 Å². The fourth-order valence-electron chi connectivity index (χ4n) is 2.18. The number of anilines is 1. The third kappa shape index (κ3) is 6.46. The molecule has 0 atom stereocenters. The summed E-state index contributed by atoms with van der Waals surface area (Å²) in [4.78, 5) is 24.3. The van der Waals surface area contributed by atoms with E-state index in [-0.39, 0.29) is 30.8 Å². The minimum Gasteiger partial charge on any atom is -0.462 e. The number of rotatable bonds is 6. The van der Waals surface area contributed by atoms with Gasteiger partial charge in [-0.2, -0.15) is 0 Å². The third-order valence-electron chi connectivity index (χ3n) is 3.68. The number of amides is 1. The van der Waals surface area contributed by atoms with Crippen molar-refractivity contribution in [1.29, 1.82) is 0 Å². The maximum absolute atomic E-state index is 12.4. The maximum Gasteiger partial charge on any atom is 0.338 e. The van der Waals surface area contributed by atoms with E-state index >= 15 is 0 Å². The Balaban J connectivity index is 2.00. The number of unbranched alkanes of at least 4 members (excludes halogenated alkanes) is 1. The molecule has 2 rings (SSSR count). The van der Waals surface area contributed by atoms with E-state index in [0.29, 0.717) is 17.9 Å². The summed E-state index contributed by atoms with van der Waals surface area (Å²) < 4.78 is 5.14. The van der Waals surface area contributed by atoms with E-state index in [9.17, 15) is 9.59 Å². The minimum absolute atomic E-state index is 0.00600. The van der Waals surface area contributed by atoms with Gasteiger partial charge in [0.25, 0.3) is 5.91 Å². The first-order chi connectivity index (χ1) is 13.7. The Bertz CT molecular complexity index is 936. The summed E-state index contributed by atoms with van der Waals surface area (Å²) in [6.45, 7) is 2.39. The molecule has 0 aliphatic rings. The predicted octanol–water partition coefficient (Wildman–Crippen LogP) is 6.38. The molecule has 0 aliphatic heterocycles. The highest BCUT2D eigenvalue weighted by molar-refractivity contribution is 7.80. The van der Waals surface area contributed by atoms with Crippen LogP contribution in [0.25, 0.3) is 0 Å². The van der Waals surface area contributed by atoms with Crippen molar-refractivity contribution in [2.24, 2.45) is 0 Å². The molecule has 0 saturated heterocycles. The highest BCUT2D eigenvalue weighted by Gasteiger charge is 2.20. The summed E-state index contributed by atoms with van der Waals surface area (Å²) in [6.07, 6.45) is 1.75. The van der Waals surface area contributed by atoms with Crippen LogP contribution < -0.4 is 10.6 Å². The molecule has 5 nitrogen and oxygen atoms in total. The summed E-state index contributed by atoms with van der Waals surface area (Å²) >= 11 is 29.1. The summed E-state index contributed by atoms with van der Waals surface area (Å²) in [5, 5.41) is 5.41. The lowest BCUT2D eigenvalue weighted by Crippen LogP contribution is -2.34. The van der Waals surface area contributed by atoms with Gasteiger partial charge in [0.05, 0.1) is 37.8 Å². The number of benzene rings is 2. The molecule has 0 heterocycles. The Hall–Kier alpha value is -1.57. The number of carbonyl (C=O) groups is 2. The Labute approximate surface area is 193 Å². The van der Waals surface area contributed by atoms with E-state index in [0.717, 1.165) is 12.8 Å². The second-order valence-electron chi connectivity index (χ2n) is 5.82. The topological polar surface area (TPSA) is 67.4 Å². The van der Waals surface area contributed by atoms with Gasteiger partial charge < -0.3 is 10.1 Å². The number of hydrogen-bond acceptors (Lipinski definition) is 4. The van der Waals surface area contributed by atoms with E-state index in [1.807, 2.05) is 6.92 Å². The number of ether oxygens (including phenoxy) is 1. The number of esters is 1. The molecule has 1 amide bonds. The van der Waals surface area contributed by atoms with Gasteiger partial charge in [0.15, 0.2) is 5.11 Å². The van der Waals surface area contributed by atoms with E-state index in [2.05, 4.69) is 10.6 Å². The highest BCUT2D eigenvalue weighted by atomic mass is 35.5. The minimum atomic E-state index is -0.646. The van der Waals surface area contributed by atoms with Crippen LogP contribution in [-0.2, 0) is 4.74 Å². The van der Waals surface area contributed by atoms with Crippen LogP contribution in [0, 0.1) is 0 Å². The lowest BCUT2D eigenvalue weighted by atomic mass is 10.2. The first-order valence-electron chi connectivity index (χ1n) is 8.47. The van der Waals surface area contributed by atoms with Gasteiger partial charge in [0.2, 0.25) is 0 Å². The van der Waals surface area contributed by atoms with Crippen molar-refractivity contribution in [2.75, 3.05) is 11.9 Å². The zero-order chi connectivity index (χ0) is 21.6. The number of thiocarbonyl (C=S) groups is 1. The molecule has 2 aromatic rings. The van der Waals surface area contributed by atoms with Gasteiger partial charge in [-0.1, -0.05) is 59.7 Å². The Morgan fingerprint density at radius 2 is 1.69 bits per heavy atom. The van der Waals surface area contributed by atoms with Crippen molar-refractivity contribution in [3.05, 3.63) is 61.5 Å². The van der Waals surface area contributed by atoms with Crippen LogP contribution in [0.2, 0.25) is 20.1 Å². The second-order valence-corrected chi connectivity index (χ2v) is 7.80. The highest BCUT2D eigenvalue weighted by Crippen LogP contribution is 2.37. The molecule has 0 aliphatic carbocycles. The number of carbonyl (C=O) groups excluding carboxylic acids is 2. The molecule has 0 bridgehead atoms. The van der Waals surface area contributed by atoms with E-state index < -0.39 is 11.9 Å². The quantitative estimate of drug-likeness (QED) is 0.160. The summed E-state index contributed by atoms with van der Waals surface area (Å²) in [5.74, 6) is -1.04. The zero-order valence-electron chi connectivity index (χ0n) is 15.2. The summed E-state index contributed by atoms with van der Waals surface area (Å²) in [5.41, 5.74) is 0.930. The first-order valence-corrected chi connectivity index (χ1v) is 10.4. The smallest absolute Gasteiger partial charge is 0.338 e. The molecule has 0 saturated carbocycles. The van der Waals surface area contributed by atoms with Crippen molar-refractivity contribution in [3.8, 4) is 0 Å². The van der Waals surface area contributed by atoms with Gasteiger partial charge >= 0.3 is 5.97 Å². The van der Waals surface area contributed by atoms with Crippen molar-refractivity contribution in [1.82, 2.24) is 5.32 Å². The molecule has 29 heavy (non-hydrogen) atoms. The van der Waals surface area contributed by atoms with Crippen molar-refractivity contribution in [3.63, 3.8) is 0 Å². The second kappa shape index (κ2) is 11.0. The van der Waals surface area contributed by atoms with Gasteiger partial charge in [-0.25, -0.2) is 4.79 Å². The van der Waals surface area contributed by atoms with E-state index in [4.69, 9.17) is 63.4 Å². The van der Waals surface area contributed by atoms with Crippen LogP contribution in [0.3, 0.4) is 0 Å². The molecule has 0 fully saturated rings. The average Bonchev–Trinajstić information content (AvgIpc) is 2.66. The molecule has 10 heteroatoms. The van der Waals surface area contributed by atoms with Crippen LogP contribution >= 0.6 is 58.6 Å². The van der Waals surface area contributed by atoms with Gasteiger partial charge in [0.1, 0.15) is 0 Å². The SMILES string of the molecule is CCCCOC(=O)c1ccc(NC(=S)NC(=O)c2c(Cl)cc(Cl)c(Cl)c2Cl)cc1. The predicted molar refractivity (Wildman–Crippen MR) is 122 cm³/mol. The molecule has 0 spiro atoms. The Morgan fingerprint density at radius 3 is 2.31 bits per heavy atom. The first kappa shape index (κ1) is 23.7. The van der Waals surface area contributed by atoms with Crippen LogP contribution in [-0.4, -0.2) is 23.6 Å². The number of nitrogens with one attached hydrogen (secondary N) is 2. The Morgan fingerprint density at radius 1 is 1.03 bits per heavy atom. The van der Waals surface area contributed by atoms with Gasteiger partial charge in [0, 0.05) is 5.69 Å². The standard InChI is InChI=1S/C19H16Cl4N2O3S/c1-2-3-8-28-18(27)10-4-6-11(7-5-10)24-19(29)25-17(26)14-12(20)9-13(21)15(22)16(14)23/h4-7,9H,2-3,8H2,1H3,(H2,24,25,26,29). The van der Waals surface area contributed by atoms with Crippen LogP contribution in [0.4, 0.5) is 5.69 Å². The molecule has 0 aromatic heterocycles. The van der Waals surface area contributed by atoms with Crippen molar-refractivity contribution >= 4 is 81.3 Å². The molecule has 154 valence electrons. The fraction of sp³-hybridized carbons (Fsp3) is 0.211. The molecule has 2 aromatic carbocycles. The summed E-state index contributed by atoms with van der Waals surface area (Å²) in [7, 11) is 0. The van der Waals surface area contributed by atoms with E-state index in [1.165, 1.54) is 6.07 Å². The van der Waals surface area contributed by atoms with E-state index in [1.54, 1.807) is 24.3 Å². The molecule has 0 radical (unpaired) electrons. The maximum atomic E-state index is 12.4. The monoisotopic (exact) mass is 492 g/mol. The van der Waals surface area contributed by atoms with Gasteiger partial charge in [-0.3, -0.25) is 10.1 Å². The number of hydrogen-bond donors (Lipinski definition) is 2.